The summed E-state index contributed by atoms with van der Waals surface area (Å²) in [6.45, 7) is 14.5. The van der Waals surface area contributed by atoms with Gasteiger partial charge in [-0.25, -0.2) is 0 Å². The first kappa shape index (κ1) is 24.3. The first-order valence-corrected chi connectivity index (χ1v) is 14.9. The van der Waals surface area contributed by atoms with Gasteiger partial charge in [0.05, 0.1) is 16.1 Å². The smallest absolute Gasteiger partial charge is 1.00 e. The molecule has 0 aromatic heterocycles. The molecule has 0 bridgehead atoms. The van der Waals surface area contributed by atoms with Crippen molar-refractivity contribution < 1.29 is 51.0 Å². The van der Waals surface area contributed by atoms with Crippen LogP contribution < -0.4 is 35.2 Å². The average molecular weight is 472 g/mol. The molecule has 1 radical (unpaired) electrons. The predicted molar refractivity (Wildman–Crippen MR) is 99.5 cm³/mol. The molecule has 1 aliphatic carbocycles. The van der Waals surface area contributed by atoms with Crippen molar-refractivity contribution in [1.82, 2.24) is 0 Å². The molecule has 0 N–H and O–H groups in total. The second kappa shape index (κ2) is 8.35. The topological polar surface area (TPSA) is 0 Å². The van der Waals surface area contributed by atoms with Crippen LogP contribution in [0, 0.1) is 6.07 Å². The van der Waals surface area contributed by atoms with E-state index in [1.807, 2.05) is 0 Å². The number of hydrogen-bond acceptors (Lipinski definition) is 0. The Kier molecular flexibility index (Phi) is 8.47. The fourth-order valence-corrected chi connectivity index (χ4v) is 5.33. The van der Waals surface area contributed by atoms with Crippen molar-refractivity contribution in [2.24, 2.45) is 0 Å². The van der Waals surface area contributed by atoms with Crippen LogP contribution in [0.1, 0.15) is 11.1 Å². The van der Waals surface area contributed by atoms with Gasteiger partial charge in [-0.05, 0) is 6.42 Å². The summed E-state index contributed by atoms with van der Waals surface area (Å²) < 4.78 is 0. The summed E-state index contributed by atoms with van der Waals surface area (Å²) >= 11 is 0. The zero-order chi connectivity index (χ0) is 15.4. The van der Waals surface area contributed by atoms with Crippen LogP contribution >= 0.6 is 0 Å². The van der Waals surface area contributed by atoms with Crippen LogP contribution in [0.3, 0.4) is 0 Å². The third kappa shape index (κ3) is 4.74. The van der Waals surface area contributed by atoms with Crippen molar-refractivity contribution in [3.05, 3.63) is 47.5 Å². The van der Waals surface area contributed by atoms with Crippen LogP contribution in [-0.2, 0) is 32.6 Å². The Bertz CT molecular complexity index is 655. The molecule has 0 atom stereocenters. The van der Waals surface area contributed by atoms with Crippen LogP contribution in [0.4, 0.5) is 0 Å². The van der Waals surface area contributed by atoms with Crippen molar-refractivity contribution in [2.75, 3.05) is 0 Å². The molecule has 0 saturated carbocycles. The molecule has 3 rings (SSSR count). The Morgan fingerprint density at radius 2 is 1.38 bits per heavy atom. The van der Waals surface area contributed by atoms with E-state index in [0.717, 1.165) is 6.42 Å². The minimum Gasteiger partial charge on any atom is -1.00 e. The molecule has 2 aromatic rings. The van der Waals surface area contributed by atoms with E-state index in [-0.39, 0.29) is 51.0 Å². The summed E-state index contributed by atoms with van der Waals surface area (Å²) in [6, 6.07) is 15.5. The van der Waals surface area contributed by atoms with Gasteiger partial charge in [-0.3, -0.25) is 0 Å². The SMILES string of the molecule is C[Si](C)(C)c1[c-]c2c(cc1)-c1ccc([Si](C)(C)C)cc1C2.[Cl-].[Cl-].[Zr+3]. The third-order valence-corrected chi connectivity index (χ3v) is 8.41. The normalized spacial score (nSPS) is 12.2. The average Bonchev–Trinajstić information content (AvgIpc) is 2.73. The molecule has 0 unspecified atom stereocenters. The van der Waals surface area contributed by atoms with E-state index >= 15 is 0 Å². The number of halogens is 2. The molecule has 0 heterocycles. The van der Waals surface area contributed by atoms with E-state index in [9.17, 15) is 0 Å². The van der Waals surface area contributed by atoms with Crippen molar-refractivity contribution in [3.8, 4) is 11.1 Å². The van der Waals surface area contributed by atoms with E-state index in [4.69, 9.17) is 0 Å². The third-order valence-electron chi connectivity index (χ3n) is 4.46. The second-order valence-corrected chi connectivity index (χ2v) is 18.4. The van der Waals surface area contributed by atoms with E-state index in [2.05, 4.69) is 75.7 Å². The first-order chi connectivity index (χ1) is 9.66. The molecule has 0 saturated heterocycles. The maximum atomic E-state index is 3.74. The standard InChI is InChI=1S/C19H25Si2.2ClH.Zr/c1-20(2,3)16-7-9-18-14(12-16)11-15-13-17(21(4,5)6)8-10-19(15)18;;;/h7-10,12H,11H2,1-6H3;2*1H;/q-1;;;+3/p-2. The van der Waals surface area contributed by atoms with Gasteiger partial charge in [0.1, 0.15) is 0 Å². The Labute approximate surface area is 180 Å². The van der Waals surface area contributed by atoms with Gasteiger partial charge >= 0.3 is 26.2 Å². The maximum Gasteiger partial charge on any atom is 3.00 e. The van der Waals surface area contributed by atoms with Crippen molar-refractivity contribution in [1.29, 1.82) is 0 Å². The monoisotopic (exact) mass is 469 g/mol. The maximum absolute atomic E-state index is 3.74. The predicted octanol–water partition coefficient (Wildman–Crippen LogP) is -1.85. The van der Waals surface area contributed by atoms with Crippen LogP contribution in [0.25, 0.3) is 11.1 Å². The number of benzene rings is 2. The minimum atomic E-state index is -1.27. The molecule has 0 amide bonds. The Hall–Kier alpha value is 0.337. The molecule has 24 heavy (non-hydrogen) atoms. The van der Waals surface area contributed by atoms with Crippen molar-refractivity contribution in [2.45, 2.75) is 45.7 Å². The van der Waals surface area contributed by atoms with Gasteiger partial charge < -0.3 is 24.8 Å². The van der Waals surface area contributed by atoms with E-state index < -0.39 is 16.1 Å². The summed E-state index contributed by atoms with van der Waals surface area (Å²) in [7, 11) is -2.49. The van der Waals surface area contributed by atoms with Crippen molar-refractivity contribution >= 4 is 26.5 Å². The van der Waals surface area contributed by atoms with Crippen LogP contribution in [-0.4, -0.2) is 16.1 Å². The summed E-state index contributed by atoms with van der Waals surface area (Å²) in [5.74, 6) is 0. The molecule has 2 aromatic carbocycles. The molecule has 0 nitrogen and oxygen atoms in total. The molecule has 127 valence electrons. The number of hydrogen-bond donors (Lipinski definition) is 0. The quantitative estimate of drug-likeness (QED) is 0.304. The van der Waals surface area contributed by atoms with Crippen LogP contribution in [0.15, 0.2) is 30.3 Å². The van der Waals surface area contributed by atoms with Gasteiger partial charge in [-0.15, -0.1) is 5.56 Å². The molecule has 0 spiro atoms. The largest absolute Gasteiger partial charge is 3.00 e. The Morgan fingerprint density at radius 1 is 0.792 bits per heavy atom. The molecular weight excluding hydrogens is 447 g/mol. The minimum absolute atomic E-state index is 0. The van der Waals surface area contributed by atoms with Gasteiger partial charge in [0.15, 0.2) is 0 Å². The summed E-state index contributed by atoms with van der Waals surface area (Å²) in [5.41, 5.74) is 5.77. The Balaban J connectivity index is 0.00000176. The number of fused-ring (bicyclic) bond motifs is 3. The summed E-state index contributed by atoms with van der Waals surface area (Å²) in [6.07, 6.45) is 1.07. The second-order valence-electron chi connectivity index (χ2n) is 8.31. The van der Waals surface area contributed by atoms with Crippen LogP contribution in [0.2, 0.25) is 39.3 Å². The van der Waals surface area contributed by atoms with E-state index in [1.54, 1.807) is 5.19 Å². The van der Waals surface area contributed by atoms with Gasteiger partial charge in [0.2, 0.25) is 0 Å². The van der Waals surface area contributed by atoms with E-state index in [0.29, 0.717) is 0 Å². The van der Waals surface area contributed by atoms with Gasteiger partial charge in [0, 0.05) is 0 Å². The van der Waals surface area contributed by atoms with Crippen molar-refractivity contribution in [3.63, 3.8) is 0 Å². The fraction of sp³-hybridized carbons (Fsp3) is 0.368. The van der Waals surface area contributed by atoms with Gasteiger partial charge in [-0.2, -0.15) is 28.9 Å². The fourth-order valence-electron chi connectivity index (χ4n) is 3.03. The number of rotatable bonds is 2. The van der Waals surface area contributed by atoms with Gasteiger partial charge in [-0.1, -0.05) is 73.8 Å². The summed E-state index contributed by atoms with van der Waals surface area (Å²) in [5, 5.41) is 3.03. The van der Waals surface area contributed by atoms with Gasteiger partial charge in [0.25, 0.3) is 0 Å². The molecule has 0 aliphatic heterocycles. The molecule has 5 heteroatoms. The van der Waals surface area contributed by atoms with E-state index in [1.165, 1.54) is 27.4 Å². The Morgan fingerprint density at radius 3 is 1.92 bits per heavy atom. The first-order valence-electron chi connectivity index (χ1n) is 7.86. The zero-order valence-electron chi connectivity index (χ0n) is 15.3. The molecule has 1 aliphatic rings. The van der Waals surface area contributed by atoms with Crippen LogP contribution in [0.5, 0.6) is 0 Å². The zero-order valence-corrected chi connectivity index (χ0v) is 21.3. The molecular formula is C19H25Cl2Si2Zr. The molecule has 0 fully saturated rings. The summed E-state index contributed by atoms with van der Waals surface area (Å²) in [4.78, 5) is 0.